The highest BCUT2D eigenvalue weighted by Gasteiger charge is 2.38. The summed E-state index contributed by atoms with van der Waals surface area (Å²) in [6.07, 6.45) is 9.09. The highest BCUT2D eigenvalue weighted by atomic mass is 35.5. The molecule has 0 aliphatic heterocycles. The van der Waals surface area contributed by atoms with Crippen molar-refractivity contribution in [3.05, 3.63) is 51.4 Å². The van der Waals surface area contributed by atoms with E-state index < -0.39 is 5.97 Å². The number of aromatic nitrogens is 1. The number of benzene rings is 1. The van der Waals surface area contributed by atoms with Crippen LogP contribution in [0.2, 0.25) is 5.02 Å². The number of ketones is 1. The van der Waals surface area contributed by atoms with Crippen LogP contribution >= 0.6 is 11.6 Å². The van der Waals surface area contributed by atoms with E-state index in [0.717, 1.165) is 60.1 Å². The van der Waals surface area contributed by atoms with Gasteiger partial charge >= 0.3 is 5.97 Å². The van der Waals surface area contributed by atoms with Gasteiger partial charge in [-0.2, -0.15) is 0 Å². The van der Waals surface area contributed by atoms with Crippen molar-refractivity contribution >= 4 is 23.4 Å². The molecule has 0 unspecified atom stereocenters. The van der Waals surface area contributed by atoms with E-state index in [2.05, 4.69) is 19.0 Å². The first-order valence-electron chi connectivity index (χ1n) is 13.7. The quantitative estimate of drug-likeness (QED) is 0.311. The van der Waals surface area contributed by atoms with Crippen molar-refractivity contribution in [2.75, 3.05) is 0 Å². The number of nitrogens with zero attached hydrogens (tertiary/aromatic N) is 1. The van der Waals surface area contributed by atoms with Crippen molar-refractivity contribution in [1.82, 2.24) is 5.16 Å². The zero-order valence-electron chi connectivity index (χ0n) is 21.9. The minimum Gasteiger partial charge on any atom is -0.481 e. The zero-order valence-corrected chi connectivity index (χ0v) is 22.7. The van der Waals surface area contributed by atoms with Crippen LogP contribution in [0.1, 0.15) is 124 Å². The van der Waals surface area contributed by atoms with Gasteiger partial charge in [0.15, 0.2) is 0 Å². The van der Waals surface area contributed by atoms with Crippen LogP contribution < -0.4 is 0 Å². The van der Waals surface area contributed by atoms with Crippen molar-refractivity contribution in [3.63, 3.8) is 0 Å². The highest BCUT2D eigenvalue weighted by molar-refractivity contribution is 6.31. The molecule has 0 amide bonds. The fraction of sp³-hybridized carbons (Fsp3) is 0.633. The Kier molecular flexibility index (Phi) is 8.92. The molecular weight excluding hydrogens is 474 g/mol. The second-order valence-corrected chi connectivity index (χ2v) is 12.0. The summed E-state index contributed by atoms with van der Waals surface area (Å²) < 4.78 is 6.04. The molecule has 0 saturated heterocycles. The van der Waals surface area contributed by atoms with Crippen molar-refractivity contribution in [3.8, 4) is 0 Å². The molecule has 1 heterocycles. The van der Waals surface area contributed by atoms with Crippen LogP contribution in [0, 0.1) is 18.8 Å². The maximum Gasteiger partial charge on any atom is 0.303 e. The van der Waals surface area contributed by atoms with E-state index in [-0.39, 0.29) is 31.0 Å². The lowest BCUT2D eigenvalue weighted by Gasteiger charge is -2.28. The number of aliphatic carboxylic acids is 1. The van der Waals surface area contributed by atoms with Crippen molar-refractivity contribution in [2.45, 2.75) is 109 Å². The summed E-state index contributed by atoms with van der Waals surface area (Å²) in [5.74, 6) is 2.31. The van der Waals surface area contributed by atoms with Gasteiger partial charge in [0.25, 0.3) is 0 Å². The molecule has 2 saturated carbocycles. The Hall–Kier alpha value is -2.14. The molecule has 2 aromatic rings. The van der Waals surface area contributed by atoms with Gasteiger partial charge in [0, 0.05) is 41.7 Å². The standard InChI is InChI=1S/C30H40ClNO4/c1-18(2)14-20-5-8-22(9-6-20)30-28(21-10-11-21)29(32-36-30)24(12-13-27(34)35)17-25(33)16-23-7-4-19(3)15-26(23)31/h4,7,15,18,20-22,24H,5-6,8-14,16-17H2,1-3H3,(H,34,35)/t20?,22?,24-/m0/s1. The number of rotatable bonds is 12. The summed E-state index contributed by atoms with van der Waals surface area (Å²) in [5, 5.41) is 14.5. The highest BCUT2D eigenvalue weighted by Crippen LogP contribution is 2.50. The van der Waals surface area contributed by atoms with Gasteiger partial charge in [-0.25, -0.2) is 0 Å². The van der Waals surface area contributed by atoms with E-state index in [1.807, 2.05) is 25.1 Å². The maximum atomic E-state index is 13.1. The number of carboxylic acid groups (broad SMARTS) is 1. The molecule has 1 N–H and O–H groups in total. The van der Waals surface area contributed by atoms with Gasteiger partial charge in [-0.1, -0.05) is 42.7 Å². The van der Waals surface area contributed by atoms with Crippen LogP contribution in [0.5, 0.6) is 0 Å². The molecule has 1 aromatic carbocycles. The third-order valence-electron chi connectivity index (χ3n) is 7.96. The van der Waals surface area contributed by atoms with Crippen molar-refractivity contribution in [1.29, 1.82) is 0 Å². The predicted molar refractivity (Wildman–Crippen MR) is 142 cm³/mol. The summed E-state index contributed by atoms with van der Waals surface area (Å²) >= 11 is 6.37. The van der Waals surface area contributed by atoms with E-state index in [4.69, 9.17) is 16.1 Å². The molecule has 6 heteroatoms. The number of aryl methyl sites for hydroxylation is 1. The van der Waals surface area contributed by atoms with E-state index in [9.17, 15) is 14.7 Å². The number of hydrogen-bond acceptors (Lipinski definition) is 4. The monoisotopic (exact) mass is 513 g/mol. The number of Topliss-reactive ketones (excluding diaryl/α,β-unsaturated/α-hetero) is 1. The summed E-state index contributed by atoms with van der Waals surface area (Å²) in [5.41, 5.74) is 3.89. The summed E-state index contributed by atoms with van der Waals surface area (Å²) in [6.45, 7) is 6.56. The van der Waals surface area contributed by atoms with Crippen LogP contribution in [-0.2, 0) is 16.0 Å². The third-order valence-corrected chi connectivity index (χ3v) is 8.31. The molecule has 2 fully saturated rings. The Morgan fingerprint density at radius 2 is 1.81 bits per heavy atom. The third kappa shape index (κ3) is 7.00. The molecule has 0 spiro atoms. The molecule has 0 radical (unpaired) electrons. The Balaban J connectivity index is 1.52. The molecule has 1 aromatic heterocycles. The Morgan fingerprint density at radius 3 is 2.42 bits per heavy atom. The lowest BCUT2D eigenvalue weighted by atomic mass is 9.76. The van der Waals surface area contributed by atoms with Gasteiger partial charge in [0.1, 0.15) is 11.5 Å². The van der Waals surface area contributed by atoms with Crippen molar-refractivity contribution < 1.29 is 19.2 Å². The summed E-state index contributed by atoms with van der Waals surface area (Å²) in [7, 11) is 0. The predicted octanol–water partition coefficient (Wildman–Crippen LogP) is 7.98. The number of carbonyl (C=O) groups is 2. The minimum atomic E-state index is -0.853. The molecule has 5 nitrogen and oxygen atoms in total. The van der Waals surface area contributed by atoms with Gasteiger partial charge < -0.3 is 9.63 Å². The topological polar surface area (TPSA) is 80.4 Å². The Labute approximate surface area is 220 Å². The number of carbonyl (C=O) groups excluding carboxylic acids is 1. The van der Waals surface area contributed by atoms with Crippen LogP contribution in [0.3, 0.4) is 0 Å². The molecule has 196 valence electrons. The lowest BCUT2D eigenvalue weighted by molar-refractivity contribution is -0.137. The van der Waals surface area contributed by atoms with E-state index >= 15 is 0 Å². The average Bonchev–Trinajstić information content (AvgIpc) is 3.56. The van der Waals surface area contributed by atoms with E-state index in [1.165, 1.54) is 24.8 Å². The van der Waals surface area contributed by atoms with Crippen LogP contribution in [0.4, 0.5) is 0 Å². The van der Waals surface area contributed by atoms with Crippen LogP contribution in [-0.4, -0.2) is 22.0 Å². The van der Waals surface area contributed by atoms with Crippen LogP contribution in [0.15, 0.2) is 22.7 Å². The van der Waals surface area contributed by atoms with Gasteiger partial charge in [0.05, 0.1) is 5.69 Å². The zero-order chi connectivity index (χ0) is 25.8. The average molecular weight is 514 g/mol. The van der Waals surface area contributed by atoms with Gasteiger partial charge in [-0.15, -0.1) is 0 Å². The fourth-order valence-corrected chi connectivity index (χ4v) is 6.31. The van der Waals surface area contributed by atoms with Crippen molar-refractivity contribution in [2.24, 2.45) is 11.8 Å². The molecule has 36 heavy (non-hydrogen) atoms. The number of carboxylic acids is 1. The number of hydrogen-bond donors (Lipinski definition) is 1. The van der Waals surface area contributed by atoms with Gasteiger partial charge in [-0.05, 0) is 93.2 Å². The first-order valence-corrected chi connectivity index (χ1v) is 14.1. The first kappa shape index (κ1) is 26.9. The van der Waals surface area contributed by atoms with Gasteiger partial charge in [0.2, 0.25) is 0 Å². The smallest absolute Gasteiger partial charge is 0.303 e. The molecule has 1 atom stereocenters. The molecule has 2 aliphatic rings. The second-order valence-electron chi connectivity index (χ2n) is 11.6. The number of halogens is 1. The fourth-order valence-electron chi connectivity index (χ4n) is 6.01. The summed E-state index contributed by atoms with van der Waals surface area (Å²) in [4.78, 5) is 24.6. The SMILES string of the molecule is Cc1ccc(CC(=O)C[C@H](CCC(=O)O)c2noc(C3CCC(CC(C)C)CC3)c2C2CC2)c(Cl)c1. The Morgan fingerprint density at radius 1 is 1.11 bits per heavy atom. The molecule has 2 aliphatic carbocycles. The van der Waals surface area contributed by atoms with E-state index in [1.54, 1.807) is 0 Å². The maximum absolute atomic E-state index is 13.1. The molecule has 0 bridgehead atoms. The second kappa shape index (κ2) is 11.9. The van der Waals surface area contributed by atoms with Gasteiger partial charge in [-0.3, -0.25) is 9.59 Å². The molecule has 4 rings (SSSR count). The normalized spacial score (nSPS) is 21.0. The van der Waals surface area contributed by atoms with Crippen LogP contribution in [0.25, 0.3) is 0 Å². The Bertz CT molecular complexity index is 1060. The summed E-state index contributed by atoms with van der Waals surface area (Å²) in [6, 6.07) is 5.74. The minimum absolute atomic E-state index is 0.00977. The largest absolute Gasteiger partial charge is 0.481 e. The first-order chi connectivity index (χ1) is 17.2. The molecular formula is C30H40ClNO4. The van der Waals surface area contributed by atoms with E-state index in [0.29, 0.717) is 23.3 Å². The lowest BCUT2D eigenvalue weighted by Crippen LogP contribution is -2.16.